The van der Waals surface area contributed by atoms with Crippen LogP contribution in [0, 0.1) is 0 Å². The van der Waals surface area contributed by atoms with Crippen molar-refractivity contribution >= 4 is 5.91 Å². The first-order chi connectivity index (χ1) is 12.0. The first-order valence-corrected chi connectivity index (χ1v) is 9.10. The van der Waals surface area contributed by atoms with E-state index in [4.69, 9.17) is 9.47 Å². The summed E-state index contributed by atoms with van der Waals surface area (Å²) >= 11 is 0. The molecule has 1 N–H and O–H groups in total. The van der Waals surface area contributed by atoms with Crippen LogP contribution in [-0.2, 0) is 4.79 Å². The van der Waals surface area contributed by atoms with Crippen molar-refractivity contribution in [2.75, 3.05) is 39.9 Å². The van der Waals surface area contributed by atoms with Crippen LogP contribution in [0.15, 0.2) is 18.2 Å². The van der Waals surface area contributed by atoms with E-state index in [-0.39, 0.29) is 18.0 Å². The zero-order valence-corrected chi connectivity index (χ0v) is 15.6. The quantitative estimate of drug-likeness (QED) is 0.898. The molecule has 0 spiro atoms. The molecule has 0 unspecified atom stereocenters. The van der Waals surface area contributed by atoms with Crippen LogP contribution >= 0.6 is 0 Å². The van der Waals surface area contributed by atoms with E-state index >= 15 is 0 Å². The van der Waals surface area contributed by atoms with Crippen molar-refractivity contribution in [1.29, 1.82) is 0 Å². The standard InChI is InChI=1S/C19H29N3O3/c1-13-12-21(4)7-8-22(13)15(3)19(23)20-14(2)16-5-6-17-18(11-16)25-10-9-24-17/h5-6,11,13-15H,7-10,12H2,1-4H3,(H,20,23)/t13-,14+,15-/m1/s1. The second kappa shape index (κ2) is 7.62. The maximum Gasteiger partial charge on any atom is 0.237 e. The van der Waals surface area contributed by atoms with Crippen molar-refractivity contribution in [2.45, 2.75) is 38.9 Å². The van der Waals surface area contributed by atoms with Gasteiger partial charge in [0.2, 0.25) is 5.91 Å². The average molecular weight is 347 g/mol. The van der Waals surface area contributed by atoms with Gasteiger partial charge in [0, 0.05) is 25.7 Å². The molecule has 3 rings (SSSR count). The van der Waals surface area contributed by atoms with E-state index in [1.165, 1.54) is 0 Å². The van der Waals surface area contributed by atoms with Crippen molar-refractivity contribution in [1.82, 2.24) is 15.1 Å². The van der Waals surface area contributed by atoms with Gasteiger partial charge in [0.05, 0.1) is 12.1 Å². The SMILES string of the molecule is C[C@H](NC(=O)[C@@H](C)N1CCN(C)C[C@H]1C)c1ccc2c(c1)OCCO2. The monoisotopic (exact) mass is 347 g/mol. The zero-order valence-electron chi connectivity index (χ0n) is 15.6. The molecular weight excluding hydrogens is 318 g/mol. The molecule has 3 atom stereocenters. The highest BCUT2D eigenvalue weighted by atomic mass is 16.6. The lowest BCUT2D eigenvalue weighted by Crippen LogP contribution is -2.57. The zero-order chi connectivity index (χ0) is 18.0. The largest absolute Gasteiger partial charge is 0.486 e. The van der Waals surface area contributed by atoms with Crippen molar-refractivity contribution in [3.05, 3.63) is 23.8 Å². The Morgan fingerprint density at radius 3 is 2.64 bits per heavy atom. The van der Waals surface area contributed by atoms with Crippen LogP contribution in [0.3, 0.4) is 0 Å². The highest BCUT2D eigenvalue weighted by Crippen LogP contribution is 2.32. The maximum absolute atomic E-state index is 12.7. The van der Waals surface area contributed by atoms with Crippen molar-refractivity contribution in [3.8, 4) is 11.5 Å². The minimum Gasteiger partial charge on any atom is -0.486 e. The highest BCUT2D eigenvalue weighted by Gasteiger charge is 2.30. The van der Waals surface area contributed by atoms with Crippen LogP contribution in [0.1, 0.15) is 32.4 Å². The number of fused-ring (bicyclic) bond motifs is 1. The molecule has 1 fully saturated rings. The number of hydrogen-bond donors (Lipinski definition) is 1. The van der Waals surface area contributed by atoms with Crippen molar-refractivity contribution in [2.24, 2.45) is 0 Å². The summed E-state index contributed by atoms with van der Waals surface area (Å²) in [5.41, 5.74) is 1.02. The molecule has 1 aromatic carbocycles. The van der Waals surface area contributed by atoms with Crippen LogP contribution in [0.5, 0.6) is 11.5 Å². The third-order valence-electron chi connectivity index (χ3n) is 5.18. The molecule has 0 aliphatic carbocycles. The lowest BCUT2D eigenvalue weighted by atomic mass is 10.1. The van der Waals surface area contributed by atoms with Crippen LogP contribution in [0.4, 0.5) is 0 Å². The summed E-state index contributed by atoms with van der Waals surface area (Å²) < 4.78 is 11.2. The van der Waals surface area contributed by atoms with Gasteiger partial charge in [-0.25, -0.2) is 0 Å². The number of nitrogens with one attached hydrogen (secondary N) is 1. The second-order valence-corrected chi connectivity index (χ2v) is 7.16. The molecule has 6 nitrogen and oxygen atoms in total. The fourth-order valence-electron chi connectivity index (χ4n) is 3.63. The molecule has 25 heavy (non-hydrogen) atoms. The number of ether oxygens (including phenoxy) is 2. The number of carbonyl (C=O) groups excluding carboxylic acids is 1. The van der Waals surface area contributed by atoms with Crippen molar-refractivity contribution < 1.29 is 14.3 Å². The summed E-state index contributed by atoms with van der Waals surface area (Å²) in [7, 11) is 2.13. The van der Waals surface area contributed by atoms with Crippen molar-refractivity contribution in [3.63, 3.8) is 0 Å². The van der Waals surface area contributed by atoms with Gasteiger partial charge in [0.25, 0.3) is 0 Å². The fraction of sp³-hybridized carbons (Fsp3) is 0.632. The molecule has 1 aromatic rings. The Hall–Kier alpha value is -1.79. The first-order valence-electron chi connectivity index (χ1n) is 9.10. The molecule has 6 heteroatoms. The maximum atomic E-state index is 12.7. The summed E-state index contributed by atoms with van der Waals surface area (Å²) in [6.45, 7) is 10.2. The summed E-state index contributed by atoms with van der Waals surface area (Å²) in [6.07, 6.45) is 0. The summed E-state index contributed by atoms with van der Waals surface area (Å²) in [5.74, 6) is 1.59. The predicted octanol–water partition coefficient (Wildman–Crippen LogP) is 1.66. The van der Waals surface area contributed by atoms with Crippen LogP contribution in [0.2, 0.25) is 0 Å². The molecule has 0 radical (unpaired) electrons. The number of carbonyl (C=O) groups is 1. The van der Waals surface area contributed by atoms with E-state index in [2.05, 4.69) is 29.1 Å². The lowest BCUT2D eigenvalue weighted by Gasteiger charge is -2.41. The van der Waals surface area contributed by atoms with Crippen LogP contribution < -0.4 is 14.8 Å². The Morgan fingerprint density at radius 2 is 1.92 bits per heavy atom. The van der Waals surface area contributed by atoms with Crippen LogP contribution in [0.25, 0.3) is 0 Å². The number of rotatable bonds is 4. The smallest absolute Gasteiger partial charge is 0.237 e. The molecule has 0 saturated carbocycles. The number of nitrogens with zero attached hydrogens (tertiary/aromatic N) is 2. The van der Waals surface area contributed by atoms with E-state index < -0.39 is 0 Å². The van der Waals surface area contributed by atoms with E-state index in [0.29, 0.717) is 19.3 Å². The molecule has 1 saturated heterocycles. The summed E-state index contributed by atoms with van der Waals surface area (Å²) in [4.78, 5) is 17.3. The van der Waals surface area contributed by atoms with Gasteiger partial charge < -0.3 is 19.7 Å². The molecule has 0 bridgehead atoms. The molecule has 2 heterocycles. The molecule has 2 aliphatic heterocycles. The third kappa shape index (κ3) is 4.07. The average Bonchev–Trinajstić information content (AvgIpc) is 2.60. The Bertz CT molecular complexity index is 622. The number of amides is 1. The normalized spacial score (nSPS) is 23.8. The molecule has 1 amide bonds. The molecular formula is C19H29N3O3. The van der Waals surface area contributed by atoms with E-state index in [1.54, 1.807) is 0 Å². The van der Waals surface area contributed by atoms with E-state index in [1.807, 2.05) is 32.0 Å². The van der Waals surface area contributed by atoms with Gasteiger partial charge in [0.15, 0.2) is 11.5 Å². The Morgan fingerprint density at radius 1 is 1.20 bits per heavy atom. The minimum absolute atomic E-state index is 0.0683. The van der Waals surface area contributed by atoms with E-state index in [0.717, 1.165) is 36.7 Å². The Balaban J connectivity index is 1.62. The fourth-order valence-corrected chi connectivity index (χ4v) is 3.63. The number of hydrogen-bond acceptors (Lipinski definition) is 5. The predicted molar refractivity (Wildman–Crippen MR) is 97.1 cm³/mol. The topological polar surface area (TPSA) is 54.0 Å². The molecule has 138 valence electrons. The van der Waals surface area contributed by atoms with Gasteiger partial charge in [-0.3, -0.25) is 9.69 Å². The van der Waals surface area contributed by atoms with Gasteiger partial charge in [0.1, 0.15) is 13.2 Å². The Labute approximate surface area is 150 Å². The van der Waals surface area contributed by atoms with Gasteiger partial charge >= 0.3 is 0 Å². The van der Waals surface area contributed by atoms with Gasteiger partial charge in [-0.15, -0.1) is 0 Å². The molecule has 2 aliphatic rings. The number of likely N-dealkylation sites (N-methyl/N-ethyl adjacent to an activating group) is 1. The first kappa shape index (κ1) is 18.0. The highest BCUT2D eigenvalue weighted by molar-refractivity contribution is 5.81. The number of piperazine rings is 1. The second-order valence-electron chi connectivity index (χ2n) is 7.16. The third-order valence-corrected chi connectivity index (χ3v) is 5.18. The summed E-state index contributed by atoms with van der Waals surface area (Å²) in [6, 6.07) is 6.03. The van der Waals surface area contributed by atoms with Gasteiger partial charge in [-0.05, 0) is 45.5 Å². The van der Waals surface area contributed by atoms with Crippen LogP contribution in [-0.4, -0.2) is 67.7 Å². The summed E-state index contributed by atoms with van der Waals surface area (Å²) in [5, 5.41) is 3.14. The van der Waals surface area contributed by atoms with E-state index in [9.17, 15) is 4.79 Å². The van der Waals surface area contributed by atoms with Gasteiger partial charge in [-0.1, -0.05) is 6.07 Å². The van der Waals surface area contributed by atoms with Gasteiger partial charge in [-0.2, -0.15) is 0 Å². The Kier molecular flexibility index (Phi) is 5.49. The molecule has 0 aromatic heterocycles. The minimum atomic E-state index is -0.136. The number of benzene rings is 1. The lowest BCUT2D eigenvalue weighted by molar-refractivity contribution is -0.128.